The monoisotopic (exact) mass is 438 g/mol. The molecule has 31 heavy (non-hydrogen) atoms. The van der Waals surface area contributed by atoms with Gasteiger partial charge in [0.25, 0.3) is 5.56 Å². The van der Waals surface area contributed by atoms with Crippen molar-refractivity contribution >= 4 is 12.2 Å². The van der Waals surface area contributed by atoms with Crippen molar-refractivity contribution in [3.8, 4) is 0 Å². The van der Waals surface area contributed by atoms with E-state index in [-0.39, 0.29) is 18.7 Å². The molecule has 0 saturated heterocycles. The lowest BCUT2D eigenvalue weighted by Gasteiger charge is -2.17. The van der Waals surface area contributed by atoms with E-state index in [1.54, 1.807) is 24.5 Å². The molecule has 2 heterocycles. The predicted octanol–water partition coefficient (Wildman–Crippen LogP) is 2.15. The molecular formula is C22H25F3N2O4. The summed E-state index contributed by atoms with van der Waals surface area (Å²) in [5.41, 5.74) is 0.250. The van der Waals surface area contributed by atoms with Crippen molar-refractivity contribution in [2.45, 2.75) is 39.0 Å². The molecule has 0 radical (unpaired) electrons. The Hall–Kier alpha value is -2.62. The molecule has 0 saturated carbocycles. The minimum atomic E-state index is -4.79. The first-order chi connectivity index (χ1) is 14.8. The Kier molecular flexibility index (Phi) is 7.53. The zero-order valence-electron chi connectivity index (χ0n) is 17.4. The van der Waals surface area contributed by atoms with E-state index in [4.69, 9.17) is 9.15 Å². The van der Waals surface area contributed by atoms with Gasteiger partial charge in [-0.05, 0) is 43.5 Å². The summed E-state index contributed by atoms with van der Waals surface area (Å²) >= 11 is 0. The molecule has 1 unspecified atom stereocenters. The highest BCUT2D eigenvalue weighted by atomic mass is 19.4. The van der Waals surface area contributed by atoms with Gasteiger partial charge < -0.3 is 13.7 Å². The fourth-order valence-electron chi connectivity index (χ4n) is 3.44. The van der Waals surface area contributed by atoms with Crippen molar-refractivity contribution in [1.82, 2.24) is 9.47 Å². The number of allylic oxidation sites excluding steroid dienone is 1. The highest BCUT2D eigenvalue weighted by Gasteiger charge is 2.32. The highest BCUT2D eigenvalue weighted by Crippen LogP contribution is 2.20. The molecule has 6 nitrogen and oxygen atoms in total. The van der Waals surface area contributed by atoms with Crippen LogP contribution in [0.15, 0.2) is 45.8 Å². The summed E-state index contributed by atoms with van der Waals surface area (Å²) in [5, 5.41) is 1.02. The van der Waals surface area contributed by atoms with Crippen molar-refractivity contribution in [2.75, 3.05) is 20.3 Å². The van der Waals surface area contributed by atoms with Gasteiger partial charge in [-0.15, -0.1) is 13.2 Å². The molecule has 0 aliphatic heterocycles. The average Bonchev–Trinajstić information content (AvgIpc) is 3.11. The first-order valence-corrected chi connectivity index (χ1v) is 9.93. The number of fused-ring (bicyclic) bond motifs is 1. The minimum absolute atomic E-state index is 0.216. The van der Waals surface area contributed by atoms with Crippen LogP contribution in [-0.4, -0.2) is 42.2 Å². The smallest absolute Gasteiger partial charge is 0.468 e. The maximum atomic E-state index is 13.2. The molecule has 9 heteroatoms. The van der Waals surface area contributed by atoms with Crippen LogP contribution in [0.2, 0.25) is 0 Å². The lowest BCUT2D eigenvalue weighted by atomic mass is 10.2. The quantitative estimate of drug-likeness (QED) is 0.562. The SMILES string of the molecule is CCOCCn1c(=O)c(CN(C)Cc2ccco2)cc2c1=CC(OC(F)(F)F)C=CC=2. The van der Waals surface area contributed by atoms with Gasteiger partial charge in [-0.1, -0.05) is 18.2 Å². The van der Waals surface area contributed by atoms with E-state index in [1.807, 2.05) is 24.9 Å². The topological polar surface area (TPSA) is 56.8 Å². The number of hydrogen-bond acceptors (Lipinski definition) is 5. The average molecular weight is 438 g/mol. The fourth-order valence-corrected chi connectivity index (χ4v) is 3.44. The summed E-state index contributed by atoms with van der Waals surface area (Å²) < 4.78 is 54.6. The van der Waals surface area contributed by atoms with Crippen LogP contribution in [-0.2, 0) is 29.1 Å². The Morgan fingerprint density at radius 1 is 1.29 bits per heavy atom. The van der Waals surface area contributed by atoms with Gasteiger partial charge in [0.05, 0.1) is 24.8 Å². The van der Waals surface area contributed by atoms with Gasteiger partial charge in [-0.2, -0.15) is 0 Å². The minimum Gasteiger partial charge on any atom is -0.468 e. The van der Waals surface area contributed by atoms with E-state index in [1.165, 1.54) is 22.8 Å². The number of pyridine rings is 1. The van der Waals surface area contributed by atoms with Crippen molar-refractivity contribution in [2.24, 2.45) is 0 Å². The molecule has 0 bridgehead atoms. The lowest BCUT2D eigenvalue weighted by molar-refractivity contribution is -0.328. The Labute approximate surface area is 177 Å². The van der Waals surface area contributed by atoms with E-state index in [0.717, 1.165) is 5.76 Å². The molecule has 0 aromatic carbocycles. The second kappa shape index (κ2) is 10.1. The largest absolute Gasteiger partial charge is 0.523 e. The molecule has 0 fully saturated rings. The molecule has 0 amide bonds. The highest BCUT2D eigenvalue weighted by molar-refractivity contribution is 5.46. The zero-order chi connectivity index (χ0) is 22.4. The Balaban J connectivity index is 1.99. The standard InChI is InChI=1S/C22H25F3N2O4/c1-3-29-11-9-27-20-13-18(31-22(23,24)25)7-4-6-16(20)12-17(21(27)28)14-26(2)15-19-8-5-10-30-19/h4-8,10,12-13,18H,3,9,11,14-15H2,1-2H3. The molecule has 3 rings (SSSR count). The summed E-state index contributed by atoms with van der Waals surface area (Å²) in [6, 6.07) is 5.36. The van der Waals surface area contributed by atoms with Gasteiger partial charge in [0.1, 0.15) is 11.9 Å². The van der Waals surface area contributed by atoms with Gasteiger partial charge in [-0.25, -0.2) is 0 Å². The Bertz CT molecular complexity index is 1070. The van der Waals surface area contributed by atoms with Crippen LogP contribution in [0.3, 0.4) is 0 Å². The third-order valence-electron chi connectivity index (χ3n) is 4.71. The third-order valence-corrected chi connectivity index (χ3v) is 4.71. The van der Waals surface area contributed by atoms with Gasteiger partial charge in [0.2, 0.25) is 0 Å². The van der Waals surface area contributed by atoms with Gasteiger partial charge in [-0.3, -0.25) is 14.4 Å². The number of rotatable bonds is 9. The van der Waals surface area contributed by atoms with Crippen LogP contribution in [0.1, 0.15) is 18.2 Å². The van der Waals surface area contributed by atoms with Crippen LogP contribution < -0.4 is 16.1 Å². The lowest BCUT2D eigenvalue weighted by Crippen LogP contribution is -2.46. The molecule has 0 spiro atoms. The Morgan fingerprint density at radius 2 is 2.10 bits per heavy atom. The number of nitrogens with zero attached hydrogens (tertiary/aromatic N) is 2. The van der Waals surface area contributed by atoms with Crippen LogP contribution in [0, 0.1) is 0 Å². The zero-order valence-corrected chi connectivity index (χ0v) is 17.4. The maximum Gasteiger partial charge on any atom is 0.523 e. The summed E-state index contributed by atoms with van der Waals surface area (Å²) in [6.45, 7) is 3.65. The molecule has 1 atom stereocenters. The molecule has 1 aliphatic rings. The Morgan fingerprint density at radius 3 is 2.77 bits per heavy atom. The van der Waals surface area contributed by atoms with Crippen LogP contribution in [0.25, 0.3) is 12.2 Å². The molecule has 0 N–H and O–H groups in total. The van der Waals surface area contributed by atoms with Crippen LogP contribution in [0.4, 0.5) is 13.2 Å². The number of ether oxygens (including phenoxy) is 2. The van der Waals surface area contributed by atoms with Crippen molar-refractivity contribution in [1.29, 1.82) is 0 Å². The molecule has 168 valence electrons. The number of aromatic nitrogens is 1. The first kappa shape index (κ1) is 23.1. The summed E-state index contributed by atoms with van der Waals surface area (Å²) in [5.74, 6) is 0.768. The van der Waals surface area contributed by atoms with Crippen molar-refractivity contribution in [3.05, 3.63) is 68.9 Å². The van der Waals surface area contributed by atoms with Crippen LogP contribution in [0.5, 0.6) is 0 Å². The second-order valence-corrected chi connectivity index (χ2v) is 7.16. The normalized spacial score (nSPS) is 16.0. The fraction of sp³-hybridized carbons (Fsp3) is 0.409. The summed E-state index contributed by atoms with van der Waals surface area (Å²) in [7, 11) is 1.86. The molecular weight excluding hydrogens is 413 g/mol. The number of halogens is 3. The summed E-state index contributed by atoms with van der Waals surface area (Å²) in [6.07, 6.45) is 1.26. The van der Waals surface area contributed by atoms with Crippen LogP contribution >= 0.6 is 0 Å². The van der Waals surface area contributed by atoms with E-state index < -0.39 is 12.5 Å². The maximum absolute atomic E-state index is 13.2. The van der Waals surface area contributed by atoms with Gasteiger partial charge >= 0.3 is 6.36 Å². The second-order valence-electron chi connectivity index (χ2n) is 7.16. The van der Waals surface area contributed by atoms with E-state index in [2.05, 4.69) is 4.74 Å². The van der Waals surface area contributed by atoms with E-state index in [0.29, 0.717) is 35.8 Å². The van der Waals surface area contributed by atoms with Gasteiger partial charge in [0, 0.05) is 25.3 Å². The molecule has 1 aliphatic carbocycles. The third kappa shape index (κ3) is 6.43. The van der Waals surface area contributed by atoms with E-state index in [9.17, 15) is 18.0 Å². The summed E-state index contributed by atoms with van der Waals surface area (Å²) in [4.78, 5) is 15.1. The first-order valence-electron chi connectivity index (χ1n) is 9.93. The number of alkyl halides is 3. The van der Waals surface area contributed by atoms with Crippen molar-refractivity contribution < 1.29 is 27.1 Å². The number of furan rings is 1. The molecule has 2 aromatic rings. The number of hydrogen-bond donors (Lipinski definition) is 0. The van der Waals surface area contributed by atoms with Crippen molar-refractivity contribution in [3.63, 3.8) is 0 Å². The molecule has 2 aromatic heterocycles. The van der Waals surface area contributed by atoms with Gasteiger partial charge in [0.15, 0.2) is 0 Å². The predicted molar refractivity (Wildman–Crippen MR) is 109 cm³/mol. The van der Waals surface area contributed by atoms with E-state index >= 15 is 0 Å².